The van der Waals surface area contributed by atoms with Gasteiger partial charge >= 0.3 is 5.97 Å². The molecule has 0 aliphatic carbocycles. The van der Waals surface area contributed by atoms with E-state index < -0.39 is 36.3 Å². The van der Waals surface area contributed by atoms with E-state index in [1.165, 1.54) is 6.07 Å². The highest BCUT2D eigenvalue weighted by Crippen LogP contribution is 2.35. The molecular weight excluding hydrogens is 261 g/mol. The molecule has 0 aromatic heterocycles. The molecule has 0 amide bonds. The second-order valence-corrected chi connectivity index (χ2v) is 4.12. The van der Waals surface area contributed by atoms with Crippen molar-refractivity contribution in [1.82, 2.24) is 0 Å². The summed E-state index contributed by atoms with van der Waals surface area (Å²) >= 11 is 0. The Hall–Kier alpha value is -1.72. The lowest BCUT2D eigenvalue weighted by atomic mass is 9.75. The average molecular weight is 276 g/mol. The summed E-state index contributed by atoms with van der Waals surface area (Å²) in [6.07, 6.45) is -0.623. The third-order valence-electron chi connectivity index (χ3n) is 3.12. The van der Waals surface area contributed by atoms with Crippen LogP contribution in [0.2, 0.25) is 0 Å². The zero-order chi connectivity index (χ0) is 14.5. The van der Waals surface area contributed by atoms with Gasteiger partial charge in [-0.2, -0.15) is 0 Å². The van der Waals surface area contributed by atoms with Gasteiger partial charge in [-0.3, -0.25) is 13.6 Å². The third-order valence-corrected chi connectivity index (χ3v) is 3.12. The summed E-state index contributed by atoms with van der Waals surface area (Å²) in [6, 6.07) is 3.21. The SMILES string of the molecule is COC(=O)C(CCF)(CCF)c1ccc(O)c(F)c1. The molecule has 0 heterocycles. The van der Waals surface area contributed by atoms with E-state index in [1.54, 1.807) is 0 Å². The first kappa shape index (κ1) is 15.3. The number of carbonyl (C=O) groups is 1. The summed E-state index contributed by atoms with van der Waals surface area (Å²) in [5.41, 5.74) is -1.49. The molecule has 1 rings (SSSR count). The van der Waals surface area contributed by atoms with Crippen LogP contribution >= 0.6 is 0 Å². The molecule has 0 aliphatic rings. The molecule has 0 aliphatic heterocycles. The molecule has 0 radical (unpaired) electrons. The lowest BCUT2D eigenvalue weighted by Crippen LogP contribution is -2.38. The summed E-state index contributed by atoms with van der Waals surface area (Å²) < 4.78 is 43.4. The van der Waals surface area contributed by atoms with Crippen LogP contribution < -0.4 is 0 Å². The molecule has 19 heavy (non-hydrogen) atoms. The van der Waals surface area contributed by atoms with Gasteiger partial charge in [-0.15, -0.1) is 0 Å². The maximum Gasteiger partial charge on any atom is 0.316 e. The summed E-state index contributed by atoms with van der Waals surface area (Å²) in [6.45, 7) is -1.75. The molecule has 0 atom stereocenters. The highest BCUT2D eigenvalue weighted by molar-refractivity contribution is 5.83. The average Bonchev–Trinajstić information content (AvgIpc) is 2.40. The van der Waals surface area contributed by atoms with E-state index in [4.69, 9.17) is 5.11 Å². The largest absolute Gasteiger partial charge is 0.505 e. The van der Waals surface area contributed by atoms with Crippen LogP contribution in [0, 0.1) is 5.82 Å². The number of hydrogen-bond acceptors (Lipinski definition) is 3. The van der Waals surface area contributed by atoms with Gasteiger partial charge in [-0.1, -0.05) is 6.07 Å². The molecule has 106 valence electrons. The van der Waals surface area contributed by atoms with Crippen molar-refractivity contribution in [3.63, 3.8) is 0 Å². The van der Waals surface area contributed by atoms with E-state index in [-0.39, 0.29) is 18.4 Å². The van der Waals surface area contributed by atoms with Crippen molar-refractivity contribution in [2.24, 2.45) is 0 Å². The van der Waals surface area contributed by atoms with Crippen molar-refractivity contribution in [3.8, 4) is 5.75 Å². The second kappa shape index (κ2) is 6.45. The van der Waals surface area contributed by atoms with Crippen molar-refractivity contribution >= 4 is 5.97 Å². The number of halogens is 3. The summed E-state index contributed by atoms with van der Waals surface area (Å²) in [5, 5.41) is 9.13. The predicted octanol–water partition coefficient (Wildman–Crippen LogP) is 2.66. The molecule has 0 bridgehead atoms. The molecule has 1 aromatic rings. The summed E-state index contributed by atoms with van der Waals surface area (Å²) in [5.74, 6) is -2.38. The molecule has 0 unspecified atom stereocenters. The minimum absolute atomic E-state index is 0.0879. The number of carbonyl (C=O) groups excluding carboxylic acids is 1. The van der Waals surface area contributed by atoms with E-state index >= 15 is 0 Å². The Morgan fingerprint density at radius 2 is 1.89 bits per heavy atom. The lowest BCUT2D eigenvalue weighted by Gasteiger charge is -2.29. The van der Waals surface area contributed by atoms with Crippen LogP contribution in [0.5, 0.6) is 5.75 Å². The normalized spacial score (nSPS) is 11.4. The van der Waals surface area contributed by atoms with Gasteiger partial charge in [-0.05, 0) is 30.5 Å². The van der Waals surface area contributed by atoms with Gasteiger partial charge in [0.2, 0.25) is 0 Å². The van der Waals surface area contributed by atoms with Crippen molar-refractivity contribution in [3.05, 3.63) is 29.6 Å². The van der Waals surface area contributed by atoms with Gasteiger partial charge < -0.3 is 9.84 Å². The van der Waals surface area contributed by atoms with Crippen molar-refractivity contribution in [1.29, 1.82) is 0 Å². The van der Waals surface area contributed by atoms with E-state index in [0.29, 0.717) is 0 Å². The minimum atomic E-state index is -1.58. The van der Waals surface area contributed by atoms with E-state index in [0.717, 1.165) is 19.2 Å². The fraction of sp³-hybridized carbons (Fsp3) is 0.462. The minimum Gasteiger partial charge on any atom is -0.505 e. The number of methoxy groups -OCH3 is 1. The highest BCUT2D eigenvalue weighted by Gasteiger charge is 2.41. The Labute approximate surface area is 109 Å². The Morgan fingerprint density at radius 1 is 1.32 bits per heavy atom. The van der Waals surface area contributed by atoms with Crippen LogP contribution in [0.4, 0.5) is 13.2 Å². The quantitative estimate of drug-likeness (QED) is 0.812. The highest BCUT2D eigenvalue weighted by atomic mass is 19.1. The Balaban J connectivity index is 3.34. The number of benzene rings is 1. The number of phenolic OH excluding ortho intramolecular Hbond substituents is 1. The van der Waals surface area contributed by atoms with E-state index in [9.17, 15) is 18.0 Å². The van der Waals surface area contributed by atoms with Gasteiger partial charge in [0, 0.05) is 0 Å². The molecule has 3 nitrogen and oxygen atoms in total. The Bertz CT molecular complexity index is 443. The van der Waals surface area contributed by atoms with Crippen LogP contribution in [0.1, 0.15) is 18.4 Å². The second-order valence-electron chi connectivity index (χ2n) is 4.12. The number of hydrogen-bond donors (Lipinski definition) is 1. The Morgan fingerprint density at radius 3 is 2.32 bits per heavy atom. The first-order chi connectivity index (χ1) is 9.01. The molecule has 0 saturated heterocycles. The van der Waals surface area contributed by atoms with Crippen LogP contribution in [0.15, 0.2) is 18.2 Å². The molecule has 6 heteroatoms. The predicted molar refractivity (Wildman–Crippen MR) is 62.9 cm³/mol. The van der Waals surface area contributed by atoms with Gasteiger partial charge in [0.25, 0.3) is 0 Å². The number of aromatic hydroxyl groups is 1. The van der Waals surface area contributed by atoms with E-state index in [2.05, 4.69) is 4.74 Å². The van der Waals surface area contributed by atoms with Crippen LogP contribution in [-0.4, -0.2) is 31.5 Å². The van der Waals surface area contributed by atoms with Crippen LogP contribution in [0.25, 0.3) is 0 Å². The van der Waals surface area contributed by atoms with Crippen molar-refractivity contribution in [2.45, 2.75) is 18.3 Å². The van der Waals surface area contributed by atoms with Gasteiger partial charge in [0.15, 0.2) is 11.6 Å². The molecule has 0 fully saturated rings. The van der Waals surface area contributed by atoms with E-state index in [1.807, 2.05) is 0 Å². The zero-order valence-electron chi connectivity index (χ0n) is 10.5. The zero-order valence-corrected chi connectivity index (χ0v) is 10.5. The lowest BCUT2D eigenvalue weighted by molar-refractivity contribution is -0.148. The first-order valence-corrected chi connectivity index (χ1v) is 5.71. The topological polar surface area (TPSA) is 46.5 Å². The maximum absolute atomic E-state index is 13.4. The van der Waals surface area contributed by atoms with Gasteiger partial charge in [0.1, 0.15) is 0 Å². The smallest absolute Gasteiger partial charge is 0.316 e. The fourth-order valence-electron chi connectivity index (χ4n) is 2.06. The number of rotatable bonds is 6. The van der Waals surface area contributed by atoms with Crippen LogP contribution in [-0.2, 0) is 14.9 Å². The molecule has 0 spiro atoms. The Kier molecular flexibility index (Phi) is 5.20. The molecule has 1 N–H and O–H groups in total. The third kappa shape index (κ3) is 3.00. The standard InChI is InChI=1S/C13H15F3O3/c1-19-12(18)13(4-6-14,5-7-15)9-2-3-11(17)10(16)8-9/h2-3,8,17H,4-7H2,1H3. The maximum atomic E-state index is 13.4. The fourth-order valence-corrected chi connectivity index (χ4v) is 2.06. The summed E-state index contributed by atoms with van der Waals surface area (Å²) in [4.78, 5) is 11.9. The van der Waals surface area contributed by atoms with Gasteiger partial charge in [0.05, 0.1) is 25.9 Å². The van der Waals surface area contributed by atoms with Crippen molar-refractivity contribution < 1.29 is 27.8 Å². The van der Waals surface area contributed by atoms with Crippen LogP contribution in [0.3, 0.4) is 0 Å². The summed E-state index contributed by atoms with van der Waals surface area (Å²) in [7, 11) is 1.10. The molecular formula is C13H15F3O3. The number of alkyl halides is 2. The number of esters is 1. The molecule has 0 saturated carbocycles. The van der Waals surface area contributed by atoms with Crippen molar-refractivity contribution in [2.75, 3.05) is 20.5 Å². The first-order valence-electron chi connectivity index (χ1n) is 5.71. The molecule has 1 aromatic carbocycles. The monoisotopic (exact) mass is 276 g/mol. The number of phenols is 1. The van der Waals surface area contributed by atoms with Gasteiger partial charge in [-0.25, -0.2) is 4.39 Å². The number of ether oxygens (including phenoxy) is 1.